The summed E-state index contributed by atoms with van der Waals surface area (Å²) in [6, 6.07) is 7.51. The number of halogens is 5. The topological polar surface area (TPSA) is 46.6 Å². The van der Waals surface area contributed by atoms with Gasteiger partial charge in [-0.05, 0) is 50.1 Å². The molecule has 0 radical (unpaired) electrons. The number of benzene rings is 2. The summed E-state index contributed by atoms with van der Waals surface area (Å²) in [5, 5.41) is 0. The highest BCUT2D eigenvalue weighted by molar-refractivity contribution is 5.96. The van der Waals surface area contributed by atoms with Crippen LogP contribution in [0.5, 0.6) is 0 Å². The number of esters is 1. The molecule has 0 N–H and O–H groups in total. The maximum Gasteiger partial charge on any atom is 0.416 e. The quantitative estimate of drug-likeness (QED) is 0.417. The van der Waals surface area contributed by atoms with Gasteiger partial charge in [-0.2, -0.15) is 13.2 Å². The van der Waals surface area contributed by atoms with E-state index in [2.05, 4.69) is 0 Å². The first-order valence-corrected chi connectivity index (χ1v) is 10.2. The zero-order chi connectivity index (χ0) is 24.5. The normalized spacial score (nSPS) is 17.1. The Morgan fingerprint density at radius 3 is 2.30 bits per heavy atom. The lowest BCUT2D eigenvalue weighted by atomic mass is 9.81. The Morgan fingerprint density at radius 2 is 1.73 bits per heavy atom. The maximum absolute atomic E-state index is 13.7. The van der Waals surface area contributed by atoms with E-state index in [1.54, 1.807) is 13.8 Å². The van der Waals surface area contributed by atoms with Gasteiger partial charge in [-0.3, -0.25) is 4.79 Å². The van der Waals surface area contributed by atoms with Gasteiger partial charge in [0.2, 0.25) is 5.91 Å². The third kappa shape index (κ3) is 5.40. The molecule has 2 aromatic carbocycles. The highest BCUT2D eigenvalue weighted by Gasteiger charge is 2.42. The Hall–Kier alpha value is -3.23. The monoisotopic (exact) mass is 467 g/mol. The maximum atomic E-state index is 13.7. The van der Waals surface area contributed by atoms with E-state index in [1.807, 2.05) is 0 Å². The van der Waals surface area contributed by atoms with E-state index in [0.717, 1.165) is 23.1 Å². The van der Waals surface area contributed by atoms with E-state index >= 15 is 0 Å². The summed E-state index contributed by atoms with van der Waals surface area (Å²) in [6.07, 6.45) is -5.69. The van der Waals surface area contributed by atoms with Crippen molar-refractivity contribution in [1.82, 2.24) is 4.90 Å². The molecule has 4 nitrogen and oxygen atoms in total. The van der Waals surface area contributed by atoms with E-state index in [9.17, 15) is 31.5 Å². The number of carbonyl (C=O) groups excluding carboxylic acids is 2. The van der Waals surface area contributed by atoms with Gasteiger partial charge in [-0.15, -0.1) is 0 Å². The van der Waals surface area contributed by atoms with Crippen molar-refractivity contribution in [3.05, 3.63) is 82.1 Å². The molecule has 2 aromatic rings. The van der Waals surface area contributed by atoms with Gasteiger partial charge in [0.05, 0.1) is 23.8 Å². The van der Waals surface area contributed by atoms with Crippen molar-refractivity contribution in [2.24, 2.45) is 0 Å². The average Bonchev–Trinajstić information content (AvgIpc) is 2.68. The van der Waals surface area contributed by atoms with E-state index in [-0.39, 0.29) is 28.9 Å². The summed E-state index contributed by atoms with van der Waals surface area (Å²) in [4.78, 5) is 27.1. The van der Waals surface area contributed by atoms with E-state index in [1.165, 1.54) is 25.1 Å². The summed E-state index contributed by atoms with van der Waals surface area (Å²) < 4.78 is 73.6. The minimum Gasteiger partial charge on any atom is -0.460 e. The van der Waals surface area contributed by atoms with Crippen LogP contribution in [0.3, 0.4) is 0 Å². The summed E-state index contributed by atoms with van der Waals surface area (Å²) in [7, 11) is 0. The molecule has 1 unspecified atom stereocenters. The van der Waals surface area contributed by atoms with Crippen molar-refractivity contribution < 1.29 is 36.3 Å². The molecule has 1 heterocycles. The zero-order valence-corrected chi connectivity index (χ0v) is 18.2. The predicted molar refractivity (Wildman–Crippen MR) is 110 cm³/mol. The van der Waals surface area contributed by atoms with Crippen LogP contribution >= 0.6 is 0 Å². The number of amides is 1. The first kappa shape index (κ1) is 24.4. The average molecular weight is 467 g/mol. The molecule has 9 heteroatoms. The molecule has 1 atom stereocenters. The SMILES string of the molecule is CC1=C(C(=O)OC(C)C)C(c2ccccc2C(F)(F)F)CC(=O)N1Cc1cc(F)cc(F)c1. The van der Waals surface area contributed by atoms with Gasteiger partial charge >= 0.3 is 12.1 Å². The molecular formula is C24H22F5NO3. The Balaban J connectivity index is 2.13. The lowest BCUT2D eigenvalue weighted by Crippen LogP contribution is -2.38. The van der Waals surface area contributed by atoms with Crippen molar-refractivity contribution >= 4 is 11.9 Å². The number of allylic oxidation sites excluding steroid dienone is 1. The van der Waals surface area contributed by atoms with E-state index in [0.29, 0.717) is 6.07 Å². The van der Waals surface area contributed by atoms with Crippen LogP contribution in [-0.4, -0.2) is 22.9 Å². The van der Waals surface area contributed by atoms with Crippen LogP contribution in [0.25, 0.3) is 0 Å². The minimum absolute atomic E-state index is 0.0727. The van der Waals surface area contributed by atoms with Gasteiger partial charge in [0.25, 0.3) is 0 Å². The fourth-order valence-electron chi connectivity index (χ4n) is 3.96. The van der Waals surface area contributed by atoms with Crippen molar-refractivity contribution in [1.29, 1.82) is 0 Å². The van der Waals surface area contributed by atoms with Gasteiger partial charge in [0.15, 0.2) is 0 Å². The largest absolute Gasteiger partial charge is 0.460 e. The number of carbonyl (C=O) groups is 2. The fourth-order valence-corrected chi connectivity index (χ4v) is 3.96. The minimum atomic E-state index is -4.70. The Bertz CT molecular complexity index is 1090. The highest BCUT2D eigenvalue weighted by atomic mass is 19.4. The number of nitrogens with zero attached hydrogens (tertiary/aromatic N) is 1. The molecule has 0 fully saturated rings. The second-order valence-electron chi connectivity index (χ2n) is 8.05. The summed E-state index contributed by atoms with van der Waals surface area (Å²) >= 11 is 0. The van der Waals surface area contributed by atoms with Crippen molar-refractivity contribution in [2.45, 2.75) is 51.9 Å². The molecular weight excluding hydrogens is 445 g/mol. The van der Waals surface area contributed by atoms with Crippen LogP contribution < -0.4 is 0 Å². The van der Waals surface area contributed by atoms with Crippen LogP contribution in [0, 0.1) is 11.6 Å². The van der Waals surface area contributed by atoms with Gasteiger partial charge < -0.3 is 9.64 Å². The van der Waals surface area contributed by atoms with Crippen molar-refractivity contribution in [3.63, 3.8) is 0 Å². The van der Waals surface area contributed by atoms with Gasteiger partial charge in [-0.1, -0.05) is 18.2 Å². The van der Waals surface area contributed by atoms with Crippen LogP contribution in [0.4, 0.5) is 22.0 Å². The zero-order valence-electron chi connectivity index (χ0n) is 18.2. The molecule has 1 aliphatic heterocycles. The Labute approximate surface area is 187 Å². The molecule has 0 saturated carbocycles. The molecule has 0 spiro atoms. The van der Waals surface area contributed by atoms with Crippen LogP contribution in [0.15, 0.2) is 53.7 Å². The number of ether oxygens (including phenoxy) is 1. The van der Waals surface area contributed by atoms with Crippen LogP contribution in [0.2, 0.25) is 0 Å². The van der Waals surface area contributed by atoms with E-state index < -0.39 is 53.7 Å². The molecule has 3 rings (SSSR count). The standard InChI is InChI=1S/C24H22F5NO3/c1-13(2)33-23(32)22-14(3)30(12-15-8-16(25)10-17(26)9-15)21(31)11-19(22)18-6-4-5-7-20(18)24(27,28)29/h4-10,13,19H,11-12H2,1-3H3. The molecule has 1 amide bonds. The highest BCUT2D eigenvalue weighted by Crippen LogP contribution is 2.43. The molecule has 0 bridgehead atoms. The van der Waals surface area contributed by atoms with Crippen LogP contribution in [0.1, 0.15) is 49.8 Å². The summed E-state index contributed by atoms with van der Waals surface area (Å²) in [6.45, 7) is 4.33. The molecule has 33 heavy (non-hydrogen) atoms. The first-order valence-electron chi connectivity index (χ1n) is 10.2. The Morgan fingerprint density at radius 1 is 1.12 bits per heavy atom. The third-order valence-electron chi connectivity index (χ3n) is 5.29. The number of rotatable bonds is 5. The molecule has 0 saturated heterocycles. The fraction of sp³-hybridized carbons (Fsp3) is 0.333. The number of hydrogen-bond acceptors (Lipinski definition) is 3. The lowest BCUT2D eigenvalue weighted by molar-refractivity contribution is -0.145. The van der Waals surface area contributed by atoms with Crippen molar-refractivity contribution in [2.75, 3.05) is 0 Å². The smallest absolute Gasteiger partial charge is 0.416 e. The molecule has 1 aliphatic rings. The summed E-state index contributed by atoms with van der Waals surface area (Å²) in [5.74, 6) is -4.31. The van der Waals surface area contributed by atoms with Crippen molar-refractivity contribution in [3.8, 4) is 0 Å². The van der Waals surface area contributed by atoms with Gasteiger partial charge in [-0.25, -0.2) is 13.6 Å². The number of hydrogen-bond donors (Lipinski definition) is 0. The second-order valence-corrected chi connectivity index (χ2v) is 8.05. The molecule has 176 valence electrons. The Kier molecular flexibility index (Phi) is 6.90. The predicted octanol–water partition coefficient (Wildman–Crippen LogP) is 5.73. The first-order chi connectivity index (χ1) is 15.4. The molecule has 0 aliphatic carbocycles. The van der Waals surface area contributed by atoms with Gasteiger partial charge in [0.1, 0.15) is 11.6 Å². The van der Waals surface area contributed by atoms with Crippen LogP contribution in [-0.2, 0) is 27.0 Å². The lowest BCUT2D eigenvalue weighted by Gasteiger charge is -2.35. The third-order valence-corrected chi connectivity index (χ3v) is 5.29. The second kappa shape index (κ2) is 9.33. The molecule has 0 aromatic heterocycles. The summed E-state index contributed by atoms with van der Waals surface area (Å²) in [5.41, 5.74) is -1.07. The van der Waals surface area contributed by atoms with E-state index in [4.69, 9.17) is 4.74 Å². The van der Waals surface area contributed by atoms with Gasteiger partial charge in [0, 0.05) is 24.1 Å². The number of alkyl halides is 3.